The second kappa shape index (κ2) is 10.8. The lowest BCUT2D eigenvalue weighted by molar-refractivity contribution is -0.109. The summed E-state index contributed by atoms with van der Waals surface area (Å²) in [6.07, 6.45) is 3.39. The van der Waals surface area contributed by atoms with E-state index in [2.05, 4.69) is 11.5 Å². The van der Waals surface area contributed by atoms with Crippen LogP contribution in [0, 0.1) is 12.7 Å². The van der Waals surface area contributed by atoms with E-state index in [1.54, 1.807) is 26.2 Å². The summed E-state index contributed by atoms with van der Waals surface area (Å²) in [5, 5.41) is 9.85. The topological polar surface area (TPSA) is 84.7 Å². The van der Waals surface area contributed by atoms with Crippen molar-refractivity contribution in [3.63, 3.8) is 0 Å². The molecule has 2 aromatic carbocycles. The molecule has 1 aromatic heterocycles. The largest absolute Gasteiger partial charge is 0.465 e. The Morgan fingerprint density at radius 1 is 1.33 bits per heavy atom. The highest BCUT2D eigenvalue weighted by Gasteiger charge is 2.32. The minimum atomic E-state index is -0.979. The predicted molar refractivity (Wildman–Crippen MR) is 137 cm³/mol. The number of benzene rings is 2. The number of anilines is 1. The van der Waals surface area contributed by atoms with E-state index in [0.717, 1.165) is 42.1 Å². The number of nitrogens with zero attached hydrogens (tertiary/aromatic N) is 3. The standard InChI is InChI=1S/C28H34FN3O4/c1-5-6-21(16-36-4)32-25-12-11-24-22(10-8-18(3)31(24)28(34)35)27(25)30-26(32)14-20(15-33)19-9-7-17(2)23(29)13-19/h7,9,11-13,15,18,20-21H,5-6,8,10,14,16H2,1-4H3,(H,34,35). The van der Waals surface area contributed by atoms with Crippen molar-refractivity contribution in [3.8, 4) is 0 Å². The van der Waals surface area contributed by atoms with Gasteiger partial charge in [-0.3, -0.25) is 4.90 Å². The van der Waals surface area contributed by atoms with Crippen molar-refractivity contribution in [2.75, 3.05) is 18.6 Å². The molecule has 192 valence electrons. The lowest BCUT2D eigenvalue weighted by Gasteiger charge is -2.33. The van der Waals surface area contributed by atoms with Gasteiger partial charge in [0.2, 0.25) is 0 Å². The number of aryl methyl sites for hydroxylation is 2. The van der Waals surface area contributed by atoms with Crippen LogP contribution < -0.4 is 4.90 Å². The lowest BCUT2D eigenvalue weighted by atomic mass is 9.95. The number of carboxylic acid groups (broad SMARTS) is 1. The lowest BCUT2D eigenvalue weighted by Crippen LogP contribution is -2.41. The van der Waals surface area contributed by atoms with E-state index in [0.29, 0.717) is 42.1 Å². The molecule has 0 radical (unpaired) electrons. The Balaban J connectivity index is 1.88. The van der Waals surface area contributed by atoms with Gasteiger partial charge in [0.1, 0.15) is 17.9 Å². The van der Waals surface area contributed by atoms with Crippen LogP contribution in [0.5, 0.6) is 0 Å². The number of amides is 1. The molecule has 1 aliphatic rings. The van der Waals surface area contributed by atoms with Crippen molar-refractivity contribution in [1.29, 1.82) is 0 Å². The number of fused-ring (bicyclic) bond motifs is 3. The molecule has 0 bridgehead atoms. The Bertz CT molecular complexity index is 1270. The van der Waals surface area contributed by atoms with E-state index in [9.17, 15) is 19.1 Å². The van der Waals surface area contributed by atoms with Gasteiger partial charge in [0.05, 0.1) is 29.4 Å². The third-order valence-corrected chi connectivity index (χ3v) is 7.27. The first-order valence-electron chi connectivity index (χ1n) is 12.6. The quantitative estimate of drug-likeness (QED) is 0.378. The second-order valence-corrected chi connectivity index (χ2v) is 9.72. The molecule has 0 saturated carbocycles. The van der Waals surface area contributed by atoms with Crippen molar-refractivity contribution in [3.05, 3.63) is 58.7 Å². The van der Waals surface area contributed by atoms with E-state index in [1.165, 1.54) is 11.0 Å². The fourth-order valence-corrected chi connectivity index (χ4v) is 5.38. The van der Waals surface area contributed by atoms with Crippen molar-refractivity contribution in [2.45, 2.75) is 70.9 Å². The highest BCUT2D eigenvalue weighted by Crippen LogP contribution is 2.38. The van der Waals surface area contributed by atoms with Crippen LogP contribution >= 0.6 is 0 Å². The smallest absolute Gasteiger partial charge is 0.412 e. The summed E-state index contributed by atoms with van der Waals surface area (Å²) in [6.45, 7) is 6.20. The molecule has 7 nitrogen and oxygen atoms in total. The maximum absolute atomic E-state index is 14.3. The molecule has 4 rings (SSSR count). The number of aldehydes is 1. The minimum Gasteiger partial charge on any atom is -0.465 e. The van der Waals surface area contributed by atoms with Gasteiger partial charge in [-0.15, -0.1) is 0 Å². The first kappa shape index (κ1) is 25.8. The summed E-state index contributed by atoms with van der Waals surface area (Å²) in [6, 6.07) is 8.58. The van der Waals surface area contributed by atoms with Crippen LogP contribution in [0.1, 0.15) is 67.6 Å². The maximum Gasteiger partial charge on any atom is 0.412 e. The molecule has 0 fully saturated rings. The Kier molecular flexibility index (Phi) is 7.73. The van der Waals surface area contributed by atoms with Gasteiger partial charge in [0, 0.05) is 31.1 Å². The summed E-state index contributed by atoms with van der Waals surface area (Å²) in [5.74, 6) is -0.188. The molecule has 2 heterocycles. The van der Waals surface area contributed by atoms with E-state index >= 15 is 0 Å². The summed E-state index contributed by atoms with van der Waals surface area (Å²) in [4.78, 5) is 30.6. The Labute approximate surface area is 210 Å². The van der Waals surface area contributed by atoms with Gasteiger partial charge in [-0.1, -0.05) is 25.5 Å². The molecular formula is C28H34FN3O4. The van der Waals surface area contributed by atoms with Gasteiger partial charge in [-0.25, -0.2) is 14.2 Å². The van der Waals surface area contributed by atoms with Crippen molar-refractivity contribution in [1.82, 2.24) is 9.55 Å². The minimum absolute atomic E-state index is 0.00167. The van der Waals surface area contributed by atoms with Crippen LogP contribution in [0.3, 0.4) is 0 Å². The number of halogens is 1. The van der Waals surface area contributed by atoms with E-state index in [-0.39, 0.29) is 17.9 Å². The monoisotopic (exact) mass is 495 g/mol. The normalized spacial score (nSPS) is 17.1. The molecule has 0 aliphatic carbocycles. The number of hydrogen-bond acceptors (Lipinski definition) is 4. The third kappa shape index (κ3) is 4.74. The number of rotatable bonds is 9. The predicted octanol–water partition coefficient (Wildman–Crippen LogP) is 5.82. The Morgan fingerprint density at radius 2 is 2.11 bits per heavy atom. The van der Waals surface area contributed by atoms with Gasteiger partial charge in [-0.05, 0) is 62.4 Å². The number of imidazole rings is 1. The Hall–Kier alpha value is -3.26. The SMILES string of the molecule is CCCC(COC)n1c(CC(C=O)c2ccc(C)c(F)c2)nc2c3c(ccc21)N(C(=O)O)C(C)CC3. The molecule has 8 heteroatoms. The summed E-state index contributed by atoms with van der Waals surface area (Å²) < 4.78 is 22.0. The number of ether oxygens (including phenoxy) is 1. The van der Waals surface area contributed by atoms with E-state index in [4.69, 9.17) is 9.72 Å². The molecule has 1 aliphatic heterocycles. The average molecular weight is 496 g/mol. The number of carbonyl (C=O) groups excluding carboxylic acids is 1. The van der Waals surface area contributed by atoms with Gasteiger partial charge in [0.15, 0.2) is 0 Å². The number of hydrogen-bond donors (Lipinski definition) is 1. The van der Waals surface area contributed by atoms with Crippen molar-refractivity contribution < 1.29 is 23.8 Å². The van der Waals surface area contributed by atoms with E-state index < -0.39 is 12.0 Å². The summed E-state index contributed by atoms with van der Waals surface area (Å²) in [7, 11) is 1.67. The zero-order valence-electron chi connectivity index (χ0n) is 21.3. The molecule has 1 amide bonds. The second-order valence-electron chi connectivity index (χ2n) is 9.72. The van der Waals surface area contributed by atoms with Gasteiger partial charge in [-0.2, -0.15) is 0 Å². The van der Waals surface area contributed by atoms with Crippen LogP contribution in [0.2, 0.25) is 0 Å². The third-order valence-electron chi connectivity index (χ3n) is 7.27. The van der Waals surface area contributed by atoms with Crippen LogP contribution in [0.15, 0.2) is 30.3 Å². The zero-order valence-corrected chi connectivity index (χ0v) is 21.3. The first-order chi connectivity index (χ1) is 17.3. The van der Waals surface area contributed by atoms with Gasteiger partial charge >= 0.3 is 6.09 Å². The highest BCUT2D eigenvalue weighted by molar-refractivity contribution is 5.94. The van der Waals surface area contributed by atoms with Gasteiger partial charge in [0.25, 0.3) is 0 Å². The maximum atomic E-state index is 14.3. The molecule has 0 saturated heterocycles. The molecule has 3 unspecified atom stereocenters. The van der Waals surface area contributed by atoms with E-state index in [1.807, 2.05) is 19.1 Å². The fourth-order valence-electron chi connectivity index (χ4n) is 5.38. The molecule has 3 atom stereocenters. The number of methoxy groups -OCH3 is 1. The van der Waals surface area contributed by atoms with Crippen molar-refractivity contribution in [2.24, 2.45) is 0 Å². The number of aromatic nitrogens is 2. The summed E-state index contributed by atoms with van der Waals surface area (Å²) in [5.41, 5.74) is 4.37. The highest BCUT2D eigenvalue weighted by atomic mass is 19.1. The van der Waals surface area contributed by atoms with Crippen LogP contribution in [-0.2, 0) is 22.4 Å². The molecule has 0 spiro atoms. The van der Waals surface area contributed by atoms with Gasteiger partial charge < -0.3 is 19.2 Å². The number of carbonyl (C=O) groups is 2. The first-order valence-corrected chi connectivity index (χ1v) is 12.6. The fraction of sp³-hybridized carbons (Fsp3) is 0.464. The van der Waals surface area contributed by atoms with Crippen LogP contribution in [-0.4, -0.2) is 46.8 Å². The molecule has 36 heavy (non-hydrogen) atoms. The Morgan fingerprint density at radius 3 is 2.75 bits per heavy atom. The van der Waals surface area contributed by atoms with Crippen LogP contribution in [0.4, 0.5) is 14.9 Å². The molecule has 1 N–H and O–H groups in total. The van der Waals surface area contributed by atoms with Crippen LogP contribution in [0.25, 0.3) is 11.0 Å². The zero-order chi connectivity index (χ0) is 26.0. The summed E-state index contributed by atoms with van der Waals surface area (Å²) >= 11 is 0. The molecule has 3 aromatic rings. The average Bonchev–Trinajstić information content (AvgIpc) is 3.21. The molecular weight excluding hydrogens is 461 g/mol. The van der Waals surface area contributed by atoms with Crippen molar-refractivity contribution >= 4 is 29.1 Å².